The SMILES string of the molecule is C=CCNC(=O)[C@@H](C)OC(=O)[C@H](C)Sc1ccc([N+](=O)[O-])cc1. The number of hydrogen-bond acceptors (Lipinski definition) is 6. The van der Waals surface area contributed by atoms with Crippen LogP contribution in [0.25, 0.3) is 0 Å². The molecule has 0 aliphatic rings. The Bertz CT molecular complexity index is 588. The summed E-state index contributed by atoms with van der Waals surface area (Å²) in [6.45, 7) is 6.90. The number of thioether (sulfide) groups is 1. The maximum Gasteiger partial charge on any atom is 0.319 e. The lowest BCUT2D eigenvalue weighted by Crippen LogP contribution is -2.37. The molecule has 0 spiro atoms. The summed E-state index contributed by atoms with van der Waals surface area (Å²) in [6, 6.07) is 5.86. The molecular formula is C15H18N2O5S. The van der Waals surface area contributed by atoms with Gasteiger partial charge in [-0.05, 0) is 26.0 Å². The van der Waals surface area contributed by atoms with Crippen LogP contribution in [0.4, 0.5) is 5.69 Å². The quantitative estimate of drug-likeness (QED) is 0.257. The normalized spacial score (nSPS) is 12.8. The van der Waals surface area contributed by atoms with E-state index in [0.29, 0.717) is 11.4 Å². The van der Waals surface area contributed by atoms with Crippen molar-refractivity contribution in [2.24, 2.45) is 0 Å². The van der Waals surface area contributed by atoms with Gasteiger partial charge in [0.25, 0.3) is 11.6 Å². The standard InChI is InChI=1S/C15H18N2O5S/c1-4-9-16-14(18)10(2)22-15(19)11(3)23-13-7-5-12(6-8-13)17(20)21/h4-8,10-11H,1,9H2,2-3H3,(H,16,18)/t10-,11+/m1/s1. The van der Waals surface area contributed by atoms with Gasteiger partial charge in [-0.1, -0.05) is 6.08 Å². The van der Waals surface area contributed by atoms with Crippen LogP contribution in [-0.2, 0) is 14.3 Å². The van der Waals surface area contributed by atoms with Gasteiger partial charge < -0.3 is 10.1 Å². The molecule has 0 heterocycles. The lowest BCUT2D eigenvalue weighted by molar-refractivity contribution is -0.384. The molecule has 0 aliphatic heterocycles. The summed E-state index contributed by atoms with van der Waals surface area (Å²) in [5, 5.41) is 12.6. The van der Waals surface area contributed by atoms with Gasteiger partial charge in [-0.25, -0.2) is 0 Å². The summed E-state index contributed by atoms with van der Waals surface area (Å²) in [5.74, 6) is -0.930. The van der Waals surface area contributed by atoms with Crippen LogP contribution in [0.15, 0.2) is 41.8 Å². The fourth-order valence-electron chi connectivity index (χ4n) is 1.54. The maximum atomic E-state index is 12.0. The van der Waals surface area contributed by atoms with Crippen LogP contribution in [0.5, 0.6) is 0 Å². The van der Waals surface area contributed by atoms with E-state index in [-0.39, 0.29) is 5.69 Å². The van der Waals surface area contributed by atoms with Crippen molar-refractivity contribution < 1.29 is 19.2 Å². The van der Waals surface area contributed by atoms with Crippen molar-refractivity contribution in [1.29, 1.82) is 0 Å². The summed E-state index contributed by atoms with van der Waals surface area (Å²) in [7, 11) is 0. The molecule has 0 unspecified atom stereocenters. The molecule has 1 rings (SSSR count). The predicted octanol–water partition coefficient (Wildman–Crippen LogP) is 2.31. The minimum absolute atomic E-state index is 0.0166. The van der Waals surface area contributed by atoms with Gasteiger partial charge >= 0.3 is 5.97 Å². The molecular weight excluding hydrogens is 320 g/mol. The number of esters is 1. The second-order valence-corrected chi connectivity index (χ2v) is 6.04. The summed E-state index contributed by atoms with van der Waals surface area (Å²) >= 11 is 1.20. The van der Waals surface area contributed by atoms with Crippen molar-refractivity contribution >= 4 is 29.3 Å². The first-order valence-corrected chi connectivity index (χ1v) is 7.73. The number of nitrogens with zero attached hydrogens (tertiary/aromatic N) is 1. The number of amides is 1. The first-order valence-electron chi connectivity index (χ1n) is 6.85. The van der Waals surface area contributed by atoms with E-state index in [9.17, 15) is 19.7 Å². The van der Waals surface area contributed by atoms with E-state index in [1.165, 1.54) is 36.9 Å². The van der Waals surface area contributed by atoms with Gasteiger partial charge in [-0.15, -0.1) is 18.3 Å². The van der Waals surface area contributed by atoms with Crippen LogP contribution in [0, 0.1) is 10.1 Å². The number of rotatable bonds is 8. The van der Waals surface area contributed by atoms with E-state index in [0.717, 1.165) is 0 Å². The van der Waals surface area contributed by atoms with E-state index >= 15 is 0 Å². The first kappa shape index (κ1) is 18.7. The van der Waals surface area contributed by atoms with E-state index in [1.807, 2.05) is 0 Å². The Morgan fingerprint density at radius 2 is 2.00 bits per heavy atom. The van der Waals surface area contributed by atoms with Crippen molar-refractivity contribution in [3.05, 3.63) is 47.0 Å². The van der Waals surface area contributed by atoms with Gasteiger partial charge in [0.2, 0.25) is 0 Å². The van der Waals surface area contributed by atoms with Crippen molar-refractivity contribution in [1.82, 2.24) is 5.32 Å². The zero-order valence-corrected chi connectivity index (χ0v) is 13.7. The van der Waals surface area contributed by atoms with Crippen LogP contribution < -0.4 is 5.32 Å². The molecule has 0 radical (unpaired) electrons. The van der Waals surface area contributed by atoms with Gasteiger partial charge in [0.1, 0.15) is 5.25 Å². The predicted molar refractivity (Wildman–Crippen MR) is 87.2 cm³/mol. The third kappa shape index (κ3) is 6.11. The minimum Gasteiger partial charge on any atom is -0.452 e. The Labute approximate surface area is 138 Å². The molecule has 7 nitrogen and oxygen atoms in total. The Hall–Kier alpha value is -2.35. The fourth-order valence-corrected chi connectivity index (χ4v) is 2.39. The number of nitro groups is 1. The number of non-ortho nitro benzene ring substituents is 1. The highest BCUT2D eigenvalue weighted by molar-refractivity contribution is 8.00. The second-order valence-electron chi connectivity index (χ2n) is 4.62. The van der Waals surface area contributed by atoms with E-state index in [1.54, 1.807) is 19.1 Å². The Kier molecular flexibility index (Phi) is 7.27. The van der Waals surface area contributed by atoms with E-state index in [4.69, 9.17) is 4.74 Å². The van der Waals surface area contributed by atoms with Crippen molar-refractivity contribution in [3.8, 4) is 0 Å². The number of hydrogen-bond donors (Lipinski definition) is 1. The fraction of sp³-hybridized carbons (Fsp3) is 0.333. The molecule has 1 amide bonds. The topological polar surface area (TPSA) is 98.5 Å². The zero-order chi connectivity index (χ0) is 17.4. The molecule has 124 valence electrons. The number of nitrogens with one attached hydrogen (secondary N) is 1. The Morgan fingerprint density at radius 3 is 2.52 bits per heavy atom. The van der Waals surface area contributed by atoms with Gasteiger partial charge in [-0.2, -0.15) is 0 Å². The molecule has 1 aromatic carbocycles. The van der Waals surface area contributed by atoms with Crippen molar-refractivity contribution in [2.45, 2.75) is 30.1 Å². The van der Waals surface area contributed by atoms with Crippen molar-refractivity contribution in [2.75, 3.05) is 6.54 Å². The highest BCUT2D eigenvalue weighted by Gasteiger charge is 2.22. The Balaban J connectivity index is 2.54. The highest BCUT2D eigenvalue weighted by Crippen LogP contribution is 2.26. The largest absolute Gasteiger partial charge is 0.452 e. The minimum atomic E-state index is -0.901. The lowest BCUT2D eigenvalue weighted by atomic mass is 10.3. The molecule has 8 heteroatoms. The first-order chi connectivity index (χ1) is 10.8. The van der Waals surface area contributed by atoms with Gasteiger partial charge in [0, 0.05) is 23.6 Å². The highest BCUT2D eigenvalue weighted by atomic mass is 32.2. The van der Waals surface area contributed by atoms with Crippen LogP contribution in [0.1, 0.15) is 13.8 Å². The monoisotopic (exact) mass is 338 g/mol. The van der Waals surface area contributed by atoms with Crippen molar-refractivity contribution in [3.63, 3.8) is 0 Å². The second kappa shape index (κ2) is 8.94. The van der Waals surface area contributed by atoms with Crippen LogP contribution in [-0.4, -0.2) is 34.7 Å². The summed E-state index contributed by atoms with van der Waals surface area (Å²) in [4.78, 5) is 34.4. The third-order valence-corrected chi connectivity index (χ3v) is 3.87. The number of carbonyl (C=O) groups excluding carboxylic acids is 2. The van der Waals surface area contributed by atoms with Gasteiger partial charge in [-0.3, -0.25) is 19.7 Å². The smallest absolute Gasteiger partial charge is 0.319 e. The lowest BCUT2D eigenvalue weighted by Gasteiger charge is -2.16. The molecule has 2 atom stereocenters. The third-order valence-electron chi connectivity index (χ3n) is 2.78. The van der Waals surface area contributed by atoms with Crippen LogP contribution in [0.2, 0.25) is 0 Å². The maximum absolute atomic E-state index is 12.0. The molecule has 0 bridgehead atoms. The zero-order valence-electron chi connectivity index (χ0n) is 12.9. The summed E-state index contributed by atoms with van der Waals surface area (Å²) in [6.07, 6.45) is 0.627. The molecule has 0 saturated carbocycles. The summed E-state index contributed by atoms with van der Waals surface area (Å²) < 4.78 is 5.09. The van der Waals surface area contributed by atoms with E-state index < -0.39 is 28.2 Å². The number of nitro benzene ring substituents is 1. The average molecular weight is 338 g/mol. The molecule has 23 heavy (non-hydrogen) atoms. The molecule has 0 aromatic heterocycles. The Morgan fingerprint density at radius 1 is 1.39 bits per heavy atom. The average Bonchev–Trinajstić information content (AvgIpc) is 2.52. The summed E-state index contributed by atoms with van der Waals surface area (Å²) in [5.41, 5.74) is -0.0166. The molecule has 1 aromatic rings. The van der Waals surface area contributed by atoms with Crippen LogP contribution >= 0.6 is 11.8 Å². The molecule has 1 N–H and O–H groups in total. The van der Waals surface area contributed by atoms with Crippen LogP contribution in [0.3, 0.4) is 0 Å². The number of carbonyl (C=O) groups is 2. The number of ether oxygens (including phenoxy) is 1. The molecule has 0 fully saturated rings. The van der Waals surface area contributed by atoms with Gasteiger partial charge in [0.15, 0.2) is 6.10 Å². The molecule has 0 aliphatic carbocycles. The van der Waals surface area contributed by atoms with Gasteiger partial charge in [0.05, 0.1) is 4.92 Å². The van der Waals surface area contributed by atoms with E-state index in [2.05, 4.69) is 11.9 Å². The molecule has 0 saturated heterocycles. The number of benzene rings is 1.